The van der Waals surface area contributed by atoms with Crippen LogP contribution in [0.5, 0.6) is 0 Å². The van der Waals surface area contributed by atoms with E-state index < -0.39 is 0 Å². The highest BCUT2D eigenvalue weighted by molar-refractivity contribution is 5.94. The lowest BCUT2D eigenvalue weighted by Gasteiger charge is -2.16. The first kappa shape index (κ1) is 17.9. The number of nitrogens with one attached hydrogen (secondary N) is 1. The summed E-state index contributed by atoms with van der Waals surface area (Å²) in [5, 5.41) is 2.99. The number of amides is 1. The summed E-state index contributed by atoms with van der Waals surface area (Å²) in [7, 11) is 0. The number of halogens is 1. The molecule has 1 unspecified atom stereocenters. The molecule has 0 aliphatic heterocycles. The third-order valence-electron chi connectivity index (χ3n) is 3.15. The molecule has 0 spiro atoms. The van der Waals surface area contributed by atoms with Crippen molar-refractivity contribution in [2.75, 3.05) is 6.54 Å². The van der Waals surface area contributed by atoms with Crippen LogP contribution in [0.2, 0.25) is 0 Å². The van der Waals surface area contributed by atoms with Gasteiger partial charge in [0.25, 0.3) is 5.91 Å². The summed E-state index contributed by atoms with van der Waals surface area (Å²) < 4.78 is 0. The first-order chi connectivity index (χ1) is 8.71. The van der Waals surface area contributed by atoms with Crippen molar-refractivity contribution in [1.29, 1.82) is 0 Å². The Morgan fingerprint density at radius 1 is 1.26 bits per heavy atom. The molecular weight excluding hydrogens is 260 g/mol. The molecule has 1 aromatic rings. The van der Waals surface area contributed by atoms with Gasteiger partial charge in [-0.1, -0.05) is 38.8 Å². The van der Waals surface area contributed by atoms with Gasteiger partial charge >= 0.3 is 0 Å². The van der Waals surface area contributed by atoms with Gasteiger partial charge in [0.05, 0.1) is 0 Å². The normalized spacial score (nSPS) is 11.5. The predicted octanol–water partition coefficient (Wildman–Crippen LogP) is 2.92. The van der Waals surface area contributed by atoms with Gasteiger partial charge in [0.15, 0.2) is 0 Å². The fourth-order valence-electron chi connectivity index (χ4n) is 1.86. The maximum absolute atomic E-state index is 12.0. The Morgan fingerprint density at radius 2 is 1.89 bits per heavy atom. The molecule has 0 bridgehead atoms. The molecule has 0 aromatic heterocycles. The third kappa shape index (κ3) is 6.08. The number of unbranched alkanes of at least 4 members (excludes halogenated alkanes) is 1. The molecule has 3 nitrogen and oxygen atoms in total. The average Bonchev–Trinajstić information content (AvgIpc) is 2.43. The Labute approximate surface area is 122 Å². The number of carbonyl (C=O) groups excluding carboxylic acids is 1. The van der Waals surface area contributed by atoms with Crippen molar-refractivity contribution in [2.45, 2.75) is 45.6 Å². The van der Waals surface area contributed by atoms with E-state index in [9.17, 15) is 4.79 Å². The first-order valence-corrected chi connectivity index (χ1v) is 6.81. The van der Waals surface area contributed by atoms with Crippen LogP contribution in [-0.4, -0.2) is 18.5 Å². The number of nitrogens with two attached hydrogens (primary N) is 1. The quantitative estimate of drug-likeness (QED) is 0.809. The smallest absolute Gasteiger partial charge is 0.251 e. The molecule has 0 heterocycles. The molecule has 0 aliphatic rings. The van der Waals surface area contributed by atoms with Gasteiger partial charge in [-0.3, -0.25) is 4.79 Å². The summed E-state index contributed by atoms with van der Waals surface area (Å²) in [6.07, 6.45) is 4.16. The minimum absolute atomic E-state index is 0. The highest BCUT2D eigenvalue weighted by Crippen LogP contribution is 2.06. The minimum atomic E-state index is -0.0239. The number of hydrogen-bond donors (Lipinski definition) is 2. The van der Waals surface area contributed by atoms with Crippen LogP contribution in [0.25, 0.3) is 0 Å². The number of benzene rings is 1. The Balaban J connectivity index is 0.00000324. The highest BCUT2D eigenvalue weighted by Gasteiger charge is 2.11. The Bertz CT molecular complexity index is 365. The van der Waals surface area contributed by atoms with Gasteiger partial charge in [-0.25, -0.2) is 0 Å². The summed E-state index contributed by atoms with van der Waals surface area (Å²) in [5.74, 6) is -0.0239. The molecule has 0 aliphatic carbocycles. The molecule has 0 saturated heterocycles. The molecule has 1 amide bonds. The van der Waals surface area contributed by atoms with Gasteiger partial charge in [0, 0.05) is 18.2 Å². The van der Waals surface area contributed by atoms with Gasteiger partial charge in [-0.05, 0) is 30.5 Å². The van der Waals surface area contributed by atoms with E-state index in [2.05, 4.69) is 19.2 Å². The van der Waals surface area contributed by atoms with Crippen molar-refractivity contribution in [1.82, 2.24) is 5.32 Å². The molecule has 108 valence electrons. The van der Waals surface area contributed by atoms with Gasteiger partial charge < -0.3 is 11.1 Å². The molecule has 1 atom stereocenters. The maximum Gasteiger partial charge on any atom is 0.251 e. The lowest BCUT2D eigenvalue weighted by atomic mass is 10.1. The van der Waals surface area contributed by atoms with Crippen LogP contribution in [0.3, 0.4) is 0 Å². The standard InChI is InChI=1S/C15H24N2O.ClH/c1-3-5-6-14(11-16)17-15(18)13-9-7-12(4-2)8-10-13;/h7-10,14H,3-6,11,16H2,1-2H3,(H,17,18);1H. The zero-order valence-corrected chi connectivity index (χ0v) is 12.6. The lowest BCUT2D eigenvalue weighted by molar-refractivity contribution is 0.0936. The second kappa shape index (κ2) is 9.82. The van der Waals surface area contributed by atoms with E-state index >= 15 is 0 Å². The van der Waals surface area contributed by atoms with E-state index in [-0.39, 0.29) is 24.4 Å². The Kier molecular flexibility index (Phi) is 9.27. The van der Waals surface area contributed by atoms with Crippen molar-refractivity contribution in [3.63, 3.8) is 0 Å². The van der Waals surface area contributed by atoms with Gasteiger partial charge in [-0.15, -0.1) is 12.4 Å². The average molecular weight is 285 g/mol. The predicted molar refractivity (Wildman–Crippen MR) is 82.9 cm³/mol. The molecule has 1 rings (SSSR count). The van der Waals surface area contributed by atoms with Gasteiger partial charge in [0.2, 0.25) is 0 Å². The van der Waals surface area contributed by atoms with Crippen molar-refractivity contribution in [3.8, 4) is 0 Å². The van der Waals surface area contributed by atoms with Crippen LogP contribution < -0.4 is 11.1 Å². The topological polar surface area (TPSA) is 55.1 Å². The van der Waals surface area contributed by atoms with E-state index in [0.29, 0.717) is 12.1 Å². The number of hydrogen-bond acceptors (Lipinski definition) is 2. The van der Waals surface area contributed by atoms with Gasteiger partial charge in [0.1, 0.15) is 0 Å². The van der Waals surface area contributed by atoms with Crippen LogP contribution >= 0.6 is 12.4 Å². The first-order valence-electron chi connectivity index (χ1n) is 6.81. The minimum Gasteiger partial charge on any atom is -0.348 e. The Morgan fingerprint density at radius 3 is 2.37 bits per heavy atom. The van der Waals surface area contributed by atoms with E-state index in [1.807, 2.05) is 24.3 Å². The molecular formula is C15H25ClN2O. The largest absolute Gasteiger partial charge is 0.348 e. The summed E-state index contributed by atoms with van der Waals surface area (Å²) in [6, 6.07) is 7.84. The van der Waals surface area contributed by atoms with E-state index in [1.54, 1.807) is 0 Å². The summed E-state index contributed by atoms with van der Waals surface area (Å²) in [6.45, 7) is 4.74. The van der Waals surface area contributed by atoms with E-state index in [4.69, 9.17) is 5.73 Å². The third-order valence-corrected chi connectivity index (χ3v) is 3.15. The molecule has 0 saturated carbocycles. The molecule has 19 heavy (non-hydrogen) atoms. The molecule has 3 N–H and O–H groups in total. The number of carbonyl (C=O) groups is 1. The number of rotatable bonds is 7. The van der Waals surface area contributed by atoms with Crippen LogP contribution in [0.15, 0.2) is 24.3 Å². The highest BCUT2D eigenvalue weighted by atomic mass is 35.5. The van der Waals surface area contributed by atoms with Crippen molar-refractivity contribution >= 4 is 18.3 Å². The molecule has 0 radical (unpaired) electrons. The monoisotopic (exact) mass is 284 g/mol. The van der Waals surface area contributed by atoms with Crippen molar-refractivity contribution < 1.29 is 4.79 Å². The van der Waals surface area contributed by atoms with Crippen LogP contribution in [0.4, 0.5) is 0 Å². The summed E-state index contributed by atoms with van der Waals surface area (Å²) in [5.41, 5.74) is 7.62. The van der Waals surface area contributed by atoms with Crippen molar-refractivity contribution in [3.05, 3.63) is 35.4 Å². The molecule has 0 fully saturated rings. The van der Waals surface area contributed by atoms with Gasteiger partial charge in [-0.2, -0.15) is 0 Å². The summed E-state index contributed by atoms with van der Waals surface area (Å²) >= 11 is 0. The molecule has 1 aromatic carbocycles. The van der Waals surface area contributed by atoms with E-state index in [1.165, 1.54) is 5.56 Å². The second-order valence-corrected chi connectivity index (χ2v) is 4.60. The fraction of sp³-hybridized carbons (Fsp3) is 0.533. The van der Waals surface area contributed by atoms with Crippen molar-refractivity contribution in [2.24, 2.45) is 5.73 Å². The van der Waals surface area contributed by atoms with Crippen LogP contribution in [0.1, 0.15) is 49.0 Å². The summed E-state index contributed by atoms with van der Waals surface area (Å²) in [4.78, 5) is 12.0. The SMILES string of the molecule is CCCCC(CN)NC(=O)c1ccc(CC)cc1.Cl. The second-order valence-electron chi connectivity index (χ2n) is 4.60. The fourth-order valence-corrected chi connectivity index (χ4v) is 1.86. The zero-order chi connectivity index (χ0) is 13.4. The number of aryl methyl sites for hydroxylation is 1. The maximum atomic E-state index is 12.0. The van der Waals surface area contributed by atoms with E-state index in [0.717, 1.165) is 25.7 Å². The van der Waals surface area contributed by atoms with Crippen LogP contribution in [-0.2, 0) is 6.42 Å². The van der Waals surface area contributed by atoms with Crippen LogP contribution in [0, 0.1) is 0 Å². The Hall–Kier alpha value is -1.06. The molecule has 4 heteroatoms. The zero-order valence-electron chi connectivity index (χ0n) is 11.8. The lowest BCUT2D eigenvalue weighted by Crippen LogP contribution is -2.40.